The van der Waals surface area contributed by atoms with Crippen LogP contribution in [0.4, 0.5) is 5.13 Å². The summed E-state index contributed by atoms with van der Waals surface area (Å²) in [5, 5.41) is 7.14. The van der Waals surface area contributed by atoms with Crippen LogP contribution in [0.2, 0.25) is 0 Å². The van der Waals surface area contributed by atoms with Crippen molar-refractivity contribution in [3.63, 3.8) is 0 Å². The summed E-state index contributed by atoms with van der Waals surface area (Å²) in [6.07, 6.45) is 1.14. The van der Waals surface area contributed by atoms with E-state index in [-0.39, 0.29) is 11.8 Å². The molecular formula is C19H17N3O2S2. The zero-order valence-corrected chi connectivity index (χ0v) is 15.6. The zero-order chi connectivity index (χ0) is 17.9. The monoisotopic (exact) mass is 383 g/mol. The third-order valence-electron chi connectivity index (χ3n) is 4.29. The van der Waals surface area contributed by atoms with Crippen molar-refractivity contribution >= 4 is 39.6 Å². The molecule has 0 atom stereocenters. The van der Waals surface area contributed by atoms with E-state index in [1.165, 1.54) is 22.7 Å². The second-order valence-corrected chi connectivity index (χ2v) is 7.95. The highest BCUT2D eigenvalue weighted by Gasteiger charge is 2.24. The van der Waals surface area contributed by atoms with E-state index in [1.54, 1.807) is 6.07 Å². The van der Waals surface area contributed by atoms with E-state index in [9.17, 15) is 9.59 Å². The molecule has 4 rings (SSSR count). The van der Waals surface area contributed by atoms with Crippen LogP contribution in [0.1, 0.15) is 26.5 Å². The minimum Gasteiger partial charge on any atom is -0.337 e. The number of aromatic nitrogens is 1. The summed E-state index contributed by atoms with van der Waals surface area (Å²) in [4.78, 5) is 32.2. The van der Waals surface area contributed by atoms with Gasteiger partial charge in [-0.05, 0) is 17.0 Å². The van der Waals surface area contributed by atoms with Gasteiger partial charge < -0.3 is 4.90 Å². The van der Waals surface area contributed by atoms with E-state index in [4.69, 9.17) is 0 Å². The predicted octanol–water partition coefficient (Wildman–Crippen LogP) is 3.58. The molecule has 0 unspecified atom stereocenters. The molecule has 7 heteroatoms. The number of hydrogen-bond acceptors (Lipinski definition) is 5. The lowest BCUT2D eigenvalue weighted by Crippen LogP contribution is -2.36. The Morgan fingerprint density at radius 3 is 2.81 bits per heavy atom. The molecule has 2 aromatic heterocycles. The summed E-state index contributed by atoms with van der Waals surface area (Å²) in [6.45, 7) is 1.23. The number of nitrogens with one attached hydrogen (secondary N) is 1. The van der Waals surface area contributed by atoms with Crippen LogP contribution in [0.25, 0.3) is 0 Å². The van der Waals surface area contributed by atoms with Gasteiger partial charge in [-0.25, -0.2) is 4.98 Å². The molecule has 1 aliphatic heterocycles. The molecule has 5 nitrogen and oxygen atoms in total. The Hall–Kier alpha value is -2.51. The van der Waals surface area contributed by atoms with E-state index >= 15 is 0 Å². The lowest BCUT2D eigenvalue weighted by molar-refractivity contribution is -0.131. The molecule has 0 saturated carbocycles. The van der Waals surface area contributed by atoms with Gasteiger partial charge in [-0.15, -0.1) is 0 Å². The Morgan fingerprint density at radius 2 is 2.04 bits per heavy atom. The fourth-order valence-corrected chi connectivity index (χ4v) is 4.56. The van der Waals surface area contributed by atoms with Crippen molar-refractivity contribution in [3.05, 3.63) is 68.9 Å². The molecule has 132 valence electrons. The van der Waals surface area contributed by atoms with Crippen LogP contribution in [0.5, 0.6) is 0 Å². The van der Waals surface area contributed by atoms with Gasteiger partial charge >= 0.3 is 0 Å². The first-order valence-corrected chi connectivity index (χ1v) is 10.1. The molecular weight excluding hydrogens is 366 g/mol. The summed E-state index contributed by atoms with van der Waals surface area (Å²) >= 11 is 2.94. The standard InChI is InChI=1S/C19H17N3O2S2/c23-17(10-13-4-2-1-3-5-13)22-8-6-15-16(11-22)26-19(20-15)21-18(24)14-7-9-25-12-14/h1-5,7,9,12H,6,8,10-11H2,(H,20,21,24). The van der Waals surface area contributed by atoms with Gasteiger partial charge in [0.15, 0.2) is 5.13 Å². The van der Waals surface area contributed by atoms with Gasteiger partial charge in [-0.3, -0.25) is 14.9 Å². The number of hydrogen-bond donors (Lipinski definition) is 1. The van der Waals surface area contributed by atoms with Crippen LogP contribution in [-0.4, -0.2) is 28.2 Å². The Balaban J connectivity index is 1.41. The molecule has 26 heavy (non-hydrogen) atoms. The maximum Gasteiger partial charge on any atom is 0.258 e. The highest BCUT2D eigenvalue weighted by Crippen LogP contribution is 2.29. The number of carbonyl (C=O) groups is 2. The second kappa shape index (κ2) is 7.39. The maximum absolute atomic E-state index is 12.6. The van der Waals surface area contributed by atoms with Crippen LogP contribution < -0.4 is 5.32 Å². The molecule has 0 radical (unpaired) electrons. The number of rotatable bonds is 4. The van der Waals surface area contributed by atoms with Crippen LogP contribution >= 0.6 is 22.7 Å². The summed E-state index contributed by atoms with van der Waals surface area (Å²) in [7, 11) is 0. The average molecular weight is 383 g/mol. The van der Waals surface area contributed by atoms with Crippen LogP contribution in [0.15, 0.2) is 47.2 Å². The maximum atomic E-state index is 12.6. The number of fused-ring (bicyclic) bond motifs is 1. The average Bonchev–Trinajstić information content (AvgIpc) is 3.31. The van der Waals surface area contributed by atoms with E-state index in [2.05, 4.69) is 10.3 Å². The quantitative estimate of drug-likeness (QED) is 0.749. The Kier molecular flexibility index (Phi) is 4.81. The van der Waals surface area contributed by atoms with Gasteiger partial charge in [-0.1, -0.05) is 41.7 Å². The zero-order valence-electron chi connectivity index (χ0n) is 14.0. The van der Waals surface area contributed by atoms with Gasteiger partial charge in [0.2, 0.25) is 5.91 Å². The number of anilines is 1. The number of nitrogens with zero attached hydrogens (tertiary/aromatic N) is 2. The number of thiazole rings is 1. The molecule has 0 spiro atoms. The summed E-state index contributed by atoms with van der Waals surface area (Å²) < 4.78 is 0. The Bertz CT molecular complexity index is 920. The SMILES string of the molecule is O=C(Nc1nc2c(s1)CN(C(=O)Cc1ccccc1)CC2)c1ccsc1. The van der Waals surface area contributed by atoms with E-state index < -0.39 is 0 Å². The second-order valence-electron chi connectivity index (χ2n) is 6.08. The first-order chi connectivity index (χ1) is 12.7. The minimum atomic E-state index is -0.144. The highest BCUT2D eigenvalue weighted by atomic mass is 32.1. The molecule has 3 heterocycles. The number of thiophene rings is 1. The lowest BCUT2D eigenvalue weighted by atomic mass is 10.1. The largest absolute Gasteiger partial charge is 0.337 e. The van der Waals surface area contributed by atoms with Crippen LogP contribution in [0.3, 0.4) is 0 Å². The number of carbonyl (C=O) groups excluding carboxylic acids is 2. The molecule has 0 saturated heterocycles. The molecule has 0 bridgehead atoms. The third kappa shape index (κ3) is 3.68. The van der Waals surface area contributed by atoms with Gasteiger partial charge in [0.1, 0.15) is 0 Å². The molecule has 1 aromatic carbocycles. The highest BCUT2D eigenvalue weighted by molar-refractivity contribution is 7.16. The minimum absolute atomic E-state index is 0.124. The van der Waals surface area contributed by atoms with Crippen molar-refractivity contribution in [2.24, 2.45) is 0 Å². The van der Waals surface area contributed by atoms with Crippen LogP contribution in [0, 0.1) is 0 Å². The molecule has 0 aliphatic carbocycles. The molecule has 3 aromatic rings. The predicted molar refractivity (Wildman–Crippen MR) is 104 cm³/mol. The molecule has 1 aliphatic rings. The third-order valence-corrected chi connectivity index (χ3v) is 5.97. The van der Waals surface area contributed by atoms with Gasteiger partial charge in [-0.2, -0.15) is 11.3 Å². The topological polar surface area (TPSA) is 62.3 Å². The van der Waals surface area contributed by atoms with Crippen LogP contribution in [-0.2, 0) is 24.2 Å². The fourth-order valence-electron chi connectivity index (χ4n) is 2.91. The van der Waals surface area contributed by atoms with Crippen molar-refractivity contribution in [2.45, 2.75) is 19.4 Å². The van der Waals surface area contributed by atoms with E-state index in [0.717, 1.165) is 22.6 Å². The number of amides is 2. The Morgan fingerprint density at radius 1 is 1.19 bits per heavy atom. The van der Waals surface area contributed by atoms with E-state index in [0.29, 0.717) is 30.2 Å². The van der Waals surface area contributed by atoms with Gasteiger partial charge in [0.25, 0.3) is 5.91 Å². The Labute approximate surface area is 159 Å². The van der Waals surface area contributed by atoms with Gasteiger partial charge in [0.05, 0.1) is 24.2 Å². The molecule has 1 N–H and O–H groups in total. The van der Waals surface area contributed by atoms with Gasteiger partial charge in [0, 0.05) is 23.2 Å². The van der Waals surface area contributed by atoms with Crippen molar-refractivity contribution in [2.75, 3.05) is 11.9 Å². The first kappa shape index (κ1) is 16.9. The summed E-state index contributed by atoms with van der Waals surface area (Å²) in [5.41, 5.74) is 2.65. The summed E-state index contributed by atoms with van der Waals surface area (Å²) in [6, 6.07) is 11.6. The van der Waals surface area contributed by atoms with E-state index in [1.807, 2.05) is 46.0 Å². The van der Waals surface area contributed by atoms with Crippen molar-refractivity contribution in [3.8, 4) is 0 Å². The molecule has 2 amide bonds. The summed E-state index contributed by atoms with van der Waals surface area (Å²) in [5.74, 6) is -0.0199. The first-order valence-electron chi connectivity index (χ1n) is 8.33. The lowest BCUT2D eigenvalue weighted by Gasteiger charge is -2.26. The normalized spacial score (nSPS) is 13.3. The van der Waals surface area contributed by atoms with Crippen molar-refractivity contribution in [1.29, 1.82) is 0 Å². The van der Waals surface area contributed by atoms with Crippen molar-refractivity contribution < 1.29 is 9.59 Å². The molecule has 0 fully saturated rings. The number of benzene rings is 1. The van der Waals surface area contributed by atoms with Crippen molar-refractivity contribution in [1.82, 2.24) is 9.88 Å². The smallest absolute Gasteiger partial charge is 0.258 e. The fraction of sp³-hybridized carbons (Fsp3) is 0.211.